The molecule has 0 bridgehead atoms. The Morgan fingerprint density at radius 2 is 1.86 bits per heavy atom. The van der Waals surface area contributed by atoms with Gasteiger partial charge in [0.1, 0.15) is 5.82 Å². The number of benzene rings is 1. The van der Waals surface area contributed by atoms with Gasteiger partial charge in [0.05, 0.1) is 0 Å². The molecule has 2 heterocycles. The molecule has 1 saturated carbocycles. The Labute approximate surface area is 127 Å². The highest BCUT2D eigenvalue weighted by Crippen LogP contribution is 2.37. The number of aromatic amines is 1. The summed E-state index contributed by atoms with van der Waals surface area (Å²) in [7, 11) is 2.17. The molecule has 2 aromatic rings. The number of fused-ring (bicyclic) bond motifs is 1. The van der Waals surface area contributed by atoms with Crippen LogP contribution in [0.25, 0.3) is 10.9 Å². The van der Waals surface area contributed by atoms with Gasteiger partial charge in [0.15, 0.2) is 0 Å². The van der Waals surface area contributed by atoms with Gasteiger partial charge in [-0.2, -0.15) is 0 Å². The van der Waals surface area contributed by atoms with Crippen LogP contribution in [0, 0.1) is 5.82 Å². The molecule has 21 heavy (non-hydrogen) atoms. The van der Waals surface area contributed by atoms with Crippen molar-refractivity contribution in [2.75, 3.05) is 20.1 Å². The Hall–Kier alpha value is -1.35. The Kier molecular flexibility index (Phi) is 4.59. The molecule has 1 aromatic carbocycles. The number of halogens is 1. The molecular weight excluding hydrogens is 263 g/mol. The summed E-state index contributed by atoms with van der Waals surface area (Å²) in [5.41, 5.74) is 2.36. The van der Waals surface area contributed by atoms with Gasteiger partial charge in [0, 0.05) is 18.5 Å². The van der Waals surface area contributed by atoms with Crippen LogP contribution in [0.4, 0.5) is 4.39 Å². The maximum atomic E-state index is 13.2. The van der Waals surface area contributed by atoms with Crippen LogP contribution in [0.5, 0.6) is 0 Å². The molecule has 3 heteroatoms. The maximum absolute atomic E-state index is 13.2. The minimum atomic E-state index is -0.138. The van der Waals surface area contributed by atoms with Crippen LogP contribution in [0.15, 0.2) is 24.4 Å². The van der Waals surface area contributed by atoms with Crippen molar-refractivity contribution in [1.29, 1.82) is 0 Å². The van der Waals surface area contributed by atoms with Crippen LogP contribution >= 0.6 is 0 Å². The van der Waals surface area contributed by atoms with E-state index in [0.29, 0.717) is 5.92 Å². The molecule has 1 saturated heterocycles. The molecular formula is C18H27FN2. The molecule has 116 valence electrons. The lowest BCUT2D eigenvalue weighted by Crippen LogP contribution is -2.10. The van der Waals surface area contributed by atoms with E-state index in [1.165, 1.54) is 63.2 Å². The second-order valence-corrected chi connectivity index (χ2v) is 6.43. The largest absolute Gasteiger partial charge is 0.361 e. The van der Waals surface area contributed by atoms with Crippen molar-refractivity contribution in [3.05, 3.63) is 35.8 Å². The second-order valence-electron chi connectivity index (χ2n) is 6.43. The molecule has 1 aromatic heterocycles. The van der Waals surface area contributed by atoms with Gasteiger partial charge >= 0.3 is 0 Å². The predicted molar refractivity (Wildman–Crippen MR) is 88.3 cm³/mol. The monoisotopic (exact) mass is 290 g/mol. The van der Waals surface area contributed by atoms with Gasteiger partial charge in [0.2, 0.25) is 0 Å². The first-order chi connectivity index (χ1) is 10.2. The fraction of sp³-hybridized carbons (Fsp3) is 0.556. The fourth-order valence-electron chi connectivity index (χ4n) is 3.56. The van der Waals surface area contributed by atoms with Crippen molar-refractivity contribution >= 4 is 10.9 Å². The fourth-order valence-corrected chi connectivity index (χ4v) is 3.56. The first kappa shape index (κ1) is 14.6. The molecule has 4 rings (SSSR count). The van der Waals surface area contributed by atoms with Crippen LogP contribution in [-0.2, 0) is 0 Å². The topological polar surface area (TPSA) is 19.0 Å². The third-order valence-electron chi connectivity index (χ3n) is 4.80. The molecule has 1 aliphatic carbocycles. The number of hydrogen-bond acceptors (Lipinski definition) is 1. The third-order valence-corrected chi connectivity index (χ3v) is 4.80. The van der Waals surface area contributed by atoms with E-state index in [2.05, 4.69) is 23.1 Å². The van der Waals surface area contributed by atoms with Crippen molar-refractivity contribution in [2.45, 2.75) is 44.4 Å². The quantitative estimate of drug-likeness (QED) is 0.789. The molecule has 2 aliphatic rings. The van der Waals surface area contributed by atoms with Gasteiger partial charge < -0.3 is 9.88 Å². The summed E-state index contributed by atoms with van der Waals surface area (Å²) in [6, 6.07) is 4.99. The Morgan fingerprint density at radius 1 is 1.14 bits per heavy atom. The molecule has 0 atom stereocenters. The summed E-state index contributed by atoms with van der Waals surface area (Å²) in [4.78, 5) is 5.59. The second kappa shape index (κ2) is 6.61. The third kappa shape index (κ3) is 3.46. The van der Waals surface area contributed by atoms with Crippen molar-refractivity contribution in [2.24, 2.45) is 0 Å². The van der Waals surface area contributed by atoms with Gasteiger partial charge in [-0.3, -0.25) is 0 Å². The number of nitrogens with zero attached hydrogens (tertiary/aromatic N) is 1. The van der Waals surface area contributed by atoms with E-state index in [4.69, 9.17) is 0 Å². The Bertz CT molecular complexity index is 584. The molecule has 1 aliphatic heterocycles. The number of hydrogen-bond donors (Lipinski definition) is 1. The van der Waals surface area contributed by atoms with E-state index in [1.807, 2.05) is 6.07 Å². The van der Waals surface area contributed by atoms with Crippen molar-refractivity contribution < 1.29 is 5.82 Å². The number of rotatable bonds is 1. The van der Waals surface area contributed by atoms with Gasteiger partial charge in [-0.05, 0) is 75.5 Å². The molecule has 0 spiro atoms. The SMILES string of the molecule is CN1CCCC1.Fc1ccc2[nH]cc(C3CCCC3)c2c1.[HH]. The number of H-pyrrole nitrogens is 1. The van der Waals surface area contributed by atoms with Crippen molar-refractivity contribution in [3.8, 4) is 0 Å². The smallest absolute Gasteiger partial charge is 0.123 e. The zero-order chi connectivity index (χ0) is 14.7. The van der Waals surface area contributed by atoms with Crippen LogP contribution in [0.1, 0.15) is 51.4 Å². The van der Waals surface area contributed by atoms with Crippen LogP contribution < -0.4 is 0 Å². The normalized spacial score (nSPS) is 19.9. The van der Waals surface area contributed by atoms with Crippen LogP contribution in [-0.4, -0.2) is 30.0 Å². The minimum absolute atomic E-state index is 0. The first-order valence-electron chi connectivity index (χ1n) is 8.19. The van der Waals surface area contributed by atoms with Gasteiger partial charge in [-0.25, -0.2) is 4.39 Å². The highest BCUT2D eigenvalue weighted by molar-refractivity contribution is 5.83. The molecule has 2 nitrogen and oxygen atoms in total. The molecule has 1 N–H and O–H groups in total. The Morgan fingerprint density at radius 3 is 2.48 bits per heavy atom. The van der Waals surface area contributed by atoms with Crippen molar-refractivity contribution in [3.63, 3.8) is 0 Å². The van der Waals surface area contributed by atoms with E-state index in [0.717, 1.165) is 10.9 Å². The highest BCUT2D eigenvalue weighted by Gasteiger charge is 2.20. The van der Waals surface area contributed by atoms with Gasteiger partial charge in [-0.15, -0.1) is 0 Å². The highest BCUT2D eigenvalue weighted by atomic mass is 19.1. The number of nitrogens with one attached hydrogen (secondary N) is 1. The summed E-state index contributed by atoms with van der Waals surface area (Å²) in [6.07, 6.45) is 10.0. The van der Waals surface area contributed by atoms with E-state index in [-0.39, 0.29) is 7.24 Å². The summed E-state index contributed by atoms with van der Waals surface area (Å²) >= 11 is 0. The maximum Gasteiger partial charge on any atom is 0.123 e. The van der Waals surface area contributed by atoms with E-state index < -0.39 is 0 Å². The van der Waals surface area contributed by atoms with Crippen LogP contribution in [0.3, 0.4) is 0 Å². The van der Waals surface area contributed by atoms with E-state index in [1.54, 1.807) is 6.07 Å². The average Bonchev–Trinajstić information content (AvgIpc) is 3.18. The zero-order valence-electron chi connectivity index (χ0n) is 12.9. The standard InChI is InChI=1S/C13H14FN.C5H11N.H2/c14-10-5-6-13-11(7-10)12(8-15-13)9-3-1-2-4-9;1-6-4-2-3-5-6;/h5-9,15H,1-4H2;2-5H2,1H3;1H. The summed E-state index contributed by atoms with van der Waals surface area (Å²) in [6.45, 7) is 2.64. The summed E-state index contributed by atoms with van der Waals surface area (Å²) < 4.78 is 13.2. The minimum Gasteiger partial charge on any atom is -0.361 e. The molecule has 0 unspecified atom stereocenters. The zero-order valence-corrected chi connectivity index (χ0v) is 12.9. The summed E-state index contributed by atoms with van der Waals surface area (Å²) in [5.74, 6) is 0.502. The van der Waals surface area contributed by atoms with E-state index >= 15 is 0 Å². The van der Waals surface area contributed by atoms with E-state index in [9.17, 15) is 4.39 Å². The molecule has 0 amide bonds. The average molecular weight is 290 g/mol. The lowest BCUT2D eigenvalue weighted by molar-refractivity contribution is 0.418. The molecule has 2 fully saturated rings. The lowest BCUT2D eigenvalue weighted by Gasteiger charge is -2.06. The lowest BCUT2D eigenvalue weighted by atomic mass is 9.97. The first-order valence-corrected chi connectivity index (χ1v) is 8.19. The van der Waals surface area contributed by atoms with Crippen molar-refractivity contribution in [1.82, 2.24) is 9.88 Å². The Balaban J connectivity index is 0.000000215. The van der Waals surface area contributed by atoms with Gasteiger partial charge in [0.25, 0.3) is 0 Å². The van der Waals surface area contributed by atoms with Gasteiger partial charge in [-0.1, -0.05) is 12.8 Å². The summed E-state index contributed by atoms with van der Waals surface area (Å²) in [5, 5.41) is 1.07. The number of aromatic nitrogens is 1. The van der Waals surface area contributed by atoms with Crippen LogP contribution in [0.2, 0.25) is 0 Å². The number of likely N-dealkylation sites (tertiary alicyclic amines) is 1. The predicted octanol–water partition coefficient (Wildman–Crippen LogP) is 4.92. The molecule has 0 radical (unpaired) electrons.